The van der Waals surface area contributed by atoms with Crippen LogP contribution in [0.2, 0.25) is 0 Å². The molecule has 2 fully saturated rings. The van der Waals surface area contributed by atoms with E-state index in [4.69, 9.17) is 4.42 Å². The van der Waals surface area contributed by atoms with E-state index < -0.39 is 0 Å². The molecule has 3 heteroatoms. The van der Waals surface area contributed by atoms with Crippen LogP contribution in [-0.2, 0) is 0 Å². The summed E-state index contributed by atoms with van der Waals surface area (Å²) < 4.78 is 5.86. The van der Waals surface area contributed by atoms with Crippen LogP contribution in [0.1, 0.15) is 42.5 Å². The smallest absolute Gasteiger partial charge is 0.254 e. The van der Waals surface area contributed by atoms with Gasteiger partial charge in [-0.1, -0.05) is 18.2 Å². The summed E-state index contributed by atoms with van der Waals surface area (Å²) >= 11 is 0. The molecule has 2 aliphatic heterocycles. The monoisotopic (exact) mass is 305 g/mol. The molecule has 0 saturated carbocycles. The zero-order valence-corrected chi connectivity index (χ0v) is 13.0. The van der Waals surface area contributed by atoms with Crippen molar-refractivity contribution in [1.29, 1.82) is 0 Å². The first-order valence-corrected chi connectivity index (χ1v) is 8.55. The summed E-state index contributed by atoms with van der Waals surface area (Å²) in [6, 6.07) is 14.8. The van der Waals surface area contributed by atoms with Gasteiger partial charge in [0.25, 0.3) is 5.91 Å². The van der Waals surface area contributed by atoms with Gasteiger partial charge in [-0.15, -0.1) is 0 Å². The lowest BCUT2D eigenvalue weighted by Gasteiger charge is -2.34. The molecule has 2 atom stereocenters. The maximum atomic E-state index is 13.1. The number of hydrogen-bond donors (Lipinski definition) is 0. The van der Waals surface area contributed by atoms with E-state index in [9.17, 15) is 4.79 Å². The van der Waals surface area contributed by atoms with Crippen molar-refractivity contribution in [1.82, 2.24) is 4.90 Å². The third kappa shape index (κ3) is 1.92. The summed E-state index contributed by atoms with van der Waals surface area (Å²) in [5, 5.41) is 2.12. The van der Waals surface area contributed by atoms with E-state index in [1.807, 2.05) is 36.4 Å². The Morgan fingerprint density at radius 3 is 2.48 bits per heavy atom. The first-order chi connectivity index (χ1) is 11.3. The van der Waals surface area contributed by atoms with Gasteiger partial charge in [-0.25, -0.2) is 0 Å². The molecule has 2 aliphatic rings. The molecular weight excluding hydrogens is 286 g/mol. The van der Waals surface area contributed by atoms with Gasteiger partial charge in [0, 0.05) is 28.4 Å². The highest BCUT2D eigenvalue weighted by Gasteiger charge is 2.39. The van der Waals surface area contributed by atoms with Gasteiger partial charge in [0.2, 0.25) is 0 Å². The van der Waals surface area contributed by atoms with Crippen molar-refractivity contribution in [3.8, 4) is 0 Å². The zero-order chi connectivity index (χ0) is 15.4. The van der Waals surface area contributed by atoms with Crippen LogP contribution in [0, 0.1) is 0 Å². The number of amides is 1. The fourth-order valence-electron chi connectivity index (χ4n) is 4.46. The average Bonchev–Trinajstić information content (AvgIpc) is 3.08. The van der Waals surface area contributed by atoms with E-state index in [1.54, 1.807) is 0 Å². The number of furan rings is 1. The number of rotatable bonds is 1. The lowest BCUT2D eigenvalue weighted by molar-refractivity contribution is 0.0595. The minimum Gasteiger partial charge on any atom is -0.456 e. The van der Waals surface area contributed by atoms with Crippen molar-refractivity contribution in [2.24, 2.45) is 0 Å². The molecule has 1 aromatic heterocycles. The molecule has 3 aromatic rings. The molecule has 3 nitrogen and oxygen atoms in total. The fourth-order valence-corrected chi connectivity index (χ4v) is 4.46. The molecule has 0 radical (unpaired) electrons. The lowest BCUT2D eigenvalue weighted by Crippen LogP contribution is -2.43. The van der Waals surface area contributed by atoms with Gasteiger partial charge in [0.1, 0.15) is 11.2 Å². The molecule has 2 aromatic carbocycles. The summed E-state index contributed by atoms with van der Waals surface area (Å²) in [6.07, 6.45) is 5.95. The highest BCUT2D eigenvalue weighted by atomic mass is 16.3. The van der Waals surface area contributed by atoms with Gasteiger partial charge in [0.05, 0.1) is 0 Å². The molecule has 3 heterocycles. The molecule has 116 valence electrons. The normalized spacial score (nSPS) is 23.7. The van der Waals surface area contributed by atoms with Gasteiger partial charge in [0.15, 0.2) is 0 Å². The molecular formula is C20H19NO2. The number of benzene rings is 2. The Bertz CT molecular complexity index is 894. The quantitative estimate of drug-likeness (QED) is 0.650. The molecule has 2 saturated heterocycles. The van der Waals surface area contributed by atoms with Crippen molar-refractivity contribution in [2.75, 3.05) is 0 Å². The Morgan fingerprint density at radius 1 is 0.913 bits per heavy atom. The van der Waals surface area contributed by atoms with E-state index in [0.717, 1.165) is 27.5 Å². The number of carbonyl (C=O) groups excluding carboxylic acids is 1. The predicted octanol–water partition coefficient (Wildman–Crippen LogP) is 4.74. The largest absolute Gasteiger partial charge is 0.456 e. The van der Waals surface area contributed by atoms with E-state index in [0.29, 0.717) is 12.1 Å². The van der Waals surface area contributed by atoms with Crippen LogP contribution < -0.4 is 0 Å². The average molecular weight is 305 g/mol. The SMILES string of the molecule is O=C(c1ccc2oc3ccccc3c2c1)N1C2CCCC1CC2. The molecule has 0 N–H and O–H groups in total. The topological polar surface area (TPSA) is 33.5 Å². The Hall–Kier alpha value is -2.29. The van der Waals surface area contributed by atoms with Gasteiger partial charge < -0.3 is 9.32 Å². The minimum absolute atomic E-state index is 0.199. The molecule has 0 aliphatic carbocycles. The Kier molecular flexibility index (Phi) is 2.78. The van der Waals surface area contributed by atoms with Crippen molar-refractivity contribution in [2.45, 2.75) is 44.2 Å². The standard InChI is InChI=1S/C20H19NO2/c22-20(21-14-4-3-5-15(21)10-9-14)13-8-11-19-17(12-13)16-6-1-2-7-18(16)23-19/h1-2,6-8,11-12,14-15H,3-5,9-10H2. The Morgan fingerprint density at radius 2 is 1.65 bits per heavy atom. The Balaban J connectivity index is 1.60. The summed E-state index contributed by atoms with van der Waals surface area (Å²) in [6.45, 7) is 0. The van der Waals surface area contributed by atoms with Crippen molar-refractivity contribution in [3.05, 3.63) is 48.0 Å². The Labute approximate surface area is 134 Å². The second-order valence-corrected chi connectivity index (χ2v) is 6.84. The fraction of sp³-hybridized carbons (Fsp3) is 0.350. The summed E-state index contributed by atoms with van der Waals surface area (Å²) in [5.74, 6) is 0.199. The second-order valence-electron chi connectivity index (χ2n) is 6.84. The third-order valence-electron chi connectivity index (χ3n) is 5.55. The molecule has 1 amide bonds. The molecule has 23 heavy (non-hydrogen) atoms. The van der Waals surface area contributed by atoms with Gasteiger partial charge >= 0.3 is 0 Å². The van der Waals surface area contributed by atoms with Crippen LogP contribution in [0.25, 0.3) is 21.9 Å². The van der Waals surface area contributed by atoms with Crippen LogP contribution in [0.5, 0.6) is 0 Å². The first kappa shape index (κ1) is 13.2. The van der Waals surface area contributed by atoms with Crippen molar-refractivity contribution < 1.29 is 9.21 Å². The minimum atomic E-state index is 0.199. The van der Waals surface area contributed by atoms with Gasteiger partial charge in [-0.3, -0.25) is 4.79 Å². The molecule has 2 unspecified atom stereocenters. The van der Waals surface area contributed by atoms with E-state index in [1.165, 1.54) is 32.1 Å². The number of nitrogens with zero attached hydrogens (tertiary/aromatic N) is 1. The summed E-state index contributed by atoms with van der Waals surface area (Å²) in [7, 11) is 0. The first-order valence-electron chi connectivity index (χ1n) is 8.55. The lowest BCUT2D eigenvalue weighted by atomic mass is 10.0. The third-order valence-corrected chi connectivity index (χ3v) is 5.55. The maximum absolute atomic E-state index is 13.1. The van der Waals surface area contributed by atoms with Gasteiger partial charge in [-0.05, 0) is 56.4 Å². The van der Waals surface area contributed by atoms with Crippen LogP contribution in [0.15, 0.2) is 46.9 Å². The number of carbonyl (C=O) groups is 1. The highest BCUT2D eigenvalue weighted by Crippen LogP contribution is 2.37. The van der Waals surface area contributed by atoms with Crippen LogP contribution >= 0.6 is 0 Å². The zero-order valence-electron chi connectivity index (χ0n) is 13.0. The predicted molar refractivity (Wildman–Crippen MR) is 90.6 cm³/mol. The van der Waals surface area contributed by atoms with Crippen molar-refractivity contribution in [3.63, 3.8) is 0 Å². The van der Waals surface area contributed by atoms with E-state index >= 15 is 0 Å². The van der Waals surface area contributed by atoms with Crippen molar-refractivity contribution >= 4 is 27.8 Å². The molecule has 5 rings (SSSR count). The van der Waals surface area contributed by atoms with Gasteiger partial charge in [-0.2, -0.15) is 0 Å². The summed E-state index contributed by atoms with van der Waals surface area (Å²) in [4.78, 5) is 15.2. The number of fused-ring (bicyclic) bond motifs is 5. The maximum Gasteiger partial charge on any atom is 0.254 e. The van der Waals surface area contributed by atoms with E-state index in [2.05, 4.69) is 11.0 Å². The number of hydrogen-bond acceptors (Lipinski definition) is 2. The number of para-hydroxylation sites is 1. The molecule has 2 bridgehead atoms. The van der Waals surface area contributed by atoms with E-state index in [-0.39, 0.29) is 5.91 Å². The highest BCUT2D eigenvalue weighted by molar-refractivity contribution is 6.08. The van der Waals surface area contributed by atoms with Crippen LogP contribution in [0.3, 0.4) is 0 Å². The summed E-state index contributed by atoms with van der Waals surface area (Å²) in [5.41, 5.74) is 2.53. The second kappa shape index (κ2) is 4.85. The van der Waals surface area contributed by atoms with Crippen LogP contribution in [0.4, 0.5) is 0 Å². The number of piperidine rings is 1. The molecule has 0 spiro atoms. The van der Waals surface area contributed by atoms with Crippen LogP contribution in [-0.4, -0.2) is 22.9 Å².